The Bertz CT molecular complexity index is 720. The minimum Gasteiger partial charge on any atom is -0.381 e. The van der Waals surface area contributed by atoms with Crippen molar-refractivity contribution in [3.63, 3.8) is 0 Å². The molecule has 2 aromatic heterocycles. The van der Waals surface area contributed by atoms with Crippen molar-refractivity contribution < 1.29 is 9.50 Å². The first kappa shape index (κ1) is 13.0. The Labute approximate surface area is 119 Å². The normalized spacial score (nSPS) is 12.6. The highest BCUT2D eigenvalue weighted by molar-refractivity contribution is 7.10. The molecule has 0 saturated carbocycles. The van der Waals surface area contributed by atoms with Gasteiger partial charge in [0.25, 0.3) is 0 Å². The molecule has 3 rings (SSSR count). The lowest BCUT2D eigenvalue weighted by molar-refractivity contribution is 0.220. The summed E-state index contributed by atoms with van der Waals surface area (Å²) in [6, 6.07) is 5.78. The van der Waals surface area contributed by atoms with Gasteiger partial charge in [-0.2, -0.15) is 5.10 Å². The zero-order valence-electron chi connectivity index (χ0n) is 10.7. The Morgan fingerprint density at radius 2 is 2.05 bits per heavy atom. The van der Waals surface area contributed by atoms with Gasteiger partial charge in [0.05, 0.1) is 11.9 Å². The van der Waals surface area contributed by atoms with Gasteiger partial charge in [0, 0.05) is 24.2 Å². The fraction of sp³-hybridized carbons (Fsp3) is 0.143. The summed E-state index contributed by atoms with van der Waals surface area (Å²) >= 11 is 1.37. The highest BCUT2D eigenvalue weighted by Crippen LogP contribution is 2.28. The number of rotatable bonds is 3. The lowest BCUT2D eigenvalue weighted by atomic mass is 10.1. The van der Waals surface area contributed by atoms with Crippen molar-refractivity contribution in [3.8, 4) is 11.3 Å². The molecule has 1 unspecified atom stereocenters. The van der Waals surface area contributed by atoms with Gasteiger partial charge in [-0.1, -0.05) is 12.1 Å². The summed E-state index contributed by atoms with van der Waals surface area (Å²) < 4.78 is 14.6. The van der Waals surface area contributed by atoms with Crippen LogP contribution in [0.4, 0.5) is 4.39 Å². The second-order valence-electron chi connectivity index (χ2n) is 4.43. The summed E-state index contributed by atoms with van der Waals surface area (Å²) in [5.74, 6) is -0.323. The number of aliphatic hydroxyl groups excluding tert-OH is 1. The second-order valence-corrected chi connectivity index (χ2v) is 5.32. The van der Waals surface area contributed by atoms with E-state index in [2.05, 4.69) is 10.1 Å². The molecule has 20 heavy (non-hydrogen) atoms. The van der Waals surface area contributed by atoms with Crippen LogP contribution in [0.2, 0.25) is 0 Å². The van der Waals surface area contributed by atoms with Gasteiger partial charge in [-0.05, 0) is 17.7 Å². The van der Waals surface area contributed by atoms with Gasteiger partial charge in [-0.15, -0.1) is 11.3 Å². The quantitative estimate of drug-likeness (QED) is 0.806. The van der Waals surface area contributed by atoms with Crippen LogP contribution in [-0.4, -0.2) is 19.9 Å². The average molecular weight is 289 g/mol. The molecule has 0 amide bonds. The molecule has 3 aromatic rings. The van der Waals surface area contributed by atoms with Crippen LogP contribution < -0.4 is 0 Å². The lowest BCUT2D eigenvalue weighted by Crippen LogP contribution is -1.99. The Kier molecular flexibility index (Phi) is 3.33. The molecule has 0 saturated heterocycles. The van der Waals surface area contributed by atoms with Gasteiger partial charge in [-0.3, -0.25) is 4.68 Å². The van der Waals surface area contributed by atoms with Crippen molar-refractivity contribution in [3.05, 3.63) is 58.4 Å². The number of aliphatic hydroxyl groups is 1. The van der Waals surface area contributed by atoms with E-state index in [9.17, 15) is 9.50 Å². The van der Waals surface area contributed by atoms with Crippen LogP contribution in [0.1, 0.15) is 16.7 Å². The number of thiazole rings is 1. The smallest absolute Gasteiger partial charge is 0.131 e. The zero-order valence-corrected chi connectivity index (χ0v) is 11.5. The maximum Gasteiger partial charge on any atom is 0.131 e. The topological polar surface area (TPSA) is 50.9 Å². The first-order valence-corrected chi connectivity index (χ1v) is 6.89. The standard InChI is InChI=1S/C14H12FN3OS/c1-18-7-10(6-16-18)12-8-20-14(17-12)13(19)9-2-4-11(15)5-3-9/h2-8,13,19H,1H3. The third-order valence-corrected chi connectivity index (χ3v) is 3.84. The van der Waals surface area contributed by atoms with E-state index >= 15 is 0 Å². The SMILES string of the molecule is Cn1cc(-c2csc(C(O)c3ccc(F)cc3)n2)cn1. The molecule has 1 aromatic carbocycles. The Morgan fingerprint density at radius 1 is 1.30 bits per heavy atom. The minimum absolute atomic E-state index is 0.323. The summed E-state index contributed by atoms with van der Waals surface area (Å²) in [7, 11) is 1.84. The molecule has 0 bridgehead atoms. The molecule has 0 aliphatic carbocycles. The predicted octanol–water partition coefficient (Wildman–Crippen LogP) is 2.76. The molecule has 0 fully saturated rings. The van der Waals surface area contributed by atoms with E-state index in [1.54, 1.807) is 23.0 Å². The molecule has 0 aliphatic rings. The van der Waals surface area contributed by atoms with Crippen LogP contribution in [0.5, 0.6) is 0 Å². The van der Waals surface area contributed by atoms with Gasteiger partial charge in [0.1, 0.15) is 16.9 Å². The third kappa shape index (κ3) is 2.48. The summed E-state index contributed by atoms with van der Waals surface area (Å²) in [6.07, 6.45) is 2.75. The molecule has 1 N–H and O–H groups in total. The first-order valence-electron chi connectivity index (χ1n) is 6.01. The maximum atomic E-state index is 12.9. The molecule has 0 aliphatic heterocycles. The van der Waals surface area contributed by atoms with Crippen LogP contribution in [0.15, 0.2) is 42.0 Å². The first-order chi connectivity index (χ1) is 9.63. The molecule has 1 atom stereocenters. The van der Waals surface area contributed by atoms with Gasteiger partial charge in [0.15, 0.2) is 0 Å². The molecular formula is C14H12FN3OS. The minimum atomic E-state index is -0.842. The lowest BCUT2D eigenvalue weighted by Gasteiger charge is -2.07. The molecule has 0 spiro atoms. The summed E-state index contributed by atoms with van der Waals surface area (Å²) in [5, 5.41) is 16.8. The van der Waals surface area contributed by atoms with E-state index < -0.39 is 6.10 Å². The molecule has 6 heteroatoms. The van der Waals surface area contributed by atoms with Crippen molar-refractivity contribution in [1.29, 1.82) is 0 Å². The van der Waals surface area contributed by atoms with Crippen molar-refractivity contribution in [2.75, 3.05) is 0 Å². The van der Waals surface area contributed by atoms with Crippen molar-refractivity contribution in [2.24, 2.45) is 7.05 Å². The molecule has 2 heterocycles. The zero-order chi connectivity index (χ0) is 14.1. The number of nitrogens with zero attached hydrogens (tertiary/aromatic N) is 3. The maximum absolute atomic E-state index is 12.9. The van der Waals surface area contributed by atoms with Crippen LogP contribution >= 0.6 is 11.3 Å². The molecule has 0 radical (unpaired) electrons. The van der Waals surface area contributed by atoms with E-state index in [4.69, 9.17) is 0 Å². The molecule has 4 nitrogen and oxygen atoms in total. The van der Waals surface area contributed by atoms with Gasteiger partial charge >= 0.3 is 0 Å². The Hall–Kier alpha value is -2.05. The summed E-state index contributed by atoms with van der Waals surface area (Å²) in [5.41, 5.74) is 2.30. The van der Waals surface area contributed by atoms with Crippen LogP contribution in [0, 0.1) is 5.82 Å². The van der Waals surface area contributed by atoms with Crippen LogP contribution in [-0.2, 0) is 7.05 Å². The fourth-order valence-electron chi connectivity index (χ4n) is 1.89. The number of aryl methyl sites for hydroxylation is 1. The van der Waals surface area contributed by atoms with Gasteiger partial charge in [0.2, 0.25) is 0 Å². The van der Waals surface area contributed by atoms with E-state index in [1.807, 2.05) is 18.6 Å². The monoisotopic (exact) mass is 289 g/mol. The highest BCUT2D eigenvalue weighted by atomic mass is 32.1. The predicted molar refractivity (Wildman–Crippen MR) is 74.8 cm³/mol. The van der Waals surface area contributed by atoms with Crippen molar-refractivity contribution in [2.45, 2.75) is 6.10 Å². The number of benzene rings is 1. The Morgan fingerprint density at radius 3 is 2.70 bits per heavy atom. The van der Waals surface area contributed by atoms with E-state index in [1.165, 1.54) is 23.5 Å². The van der Waals surface area contributed by atoms with Crippen LogP contribution in [0.3, 0.4) is 0 Å². The molecular weight excluding hydrogens is 277 g/mol. The number of halogens is 1. The average Bonchev–Trinajstić information content (AvgIpc) is 3.07. The van der Waals surface area contributed by atoms with Crippen molar-refractivity contribution >= 4 is 11.3 Å². The summed E-state index contributed by atoms with van der Waals surface area (Å²) in [6.45, 7) is 0. The fourth-order valence-corrected chi connectivity index (χ4v) is 2.72. The van der Waals surface area contributed by atoms with Crippen molar-refractivity contribution in [1.82, 2.24) is 14.8 Å². The second kappa shape index (κ2) is 5.15. The third-order valence-electron chi connectivity index (χ3n) is 2.94. The Balaban J connectivity index is 1.88. The number of hydrogen-bond donors (Lipinski definition) is 1. The van der Waals surface area contributed by atoms with E-state index in [0.29, 0.717) is 10.6 Å². The number of hydrogen-bond acceptors (Lipinski definition) is 4. The van der Waals surface area contributed by atoms with Gasteiger partial charge < -0.3 is 5.11 Å². The van der Waals surface area contributed by atoms with Gasteiger partial charge in [-0.25, -0.2) is 9.37 Å². The highest BCUT2D eigenvalue weighted by Gasteiger charge is 2.15. The largest absolute Gasteiger partial charge is 0.381 e. The van der Waals surface area contributed by atoms with E-state index in [-0.39, 0.29) is 5.82 Å². The van der Waals surface area contributed by atoms with E-state index in [0.717, 1.165) is 11.3 Å². The molecule has 102 valence electrons. The van der Waals surface area contributed by atoms with Crippen LogP contribution in [0.25, 0.3) is 11.3 Å². The number of aromatic nitrogens is 3. The summed E-state index contributed by atoms with van der Waals surface area (Å²) in [4.78, 5) is 4.41.